The Bertz CT molecular complexity index is 173. The summed E-state index contributed by atoms with van der Waals surface area (Å²) < 4.78 is 5.34. The van der Waals surface area contributed by atoms with Crippen LogP contribution >= 0.6 is 0 Å². The monoisotopic (exact) mass is 203 g/mol. The van der Waals surface area contributed by atoms with Crippen LogP contribution < -0.4 is 11.1 Å². The van der Waals surface area contributed by atoms with E-state index in [4.69, 9.17) is 15.7 Å². The molecule has 0 radical (unpaired) electrons. The van der Waals surface area contributed by atoms with Crippen LogP contribution in [0.2, 0.25) is 0 Å². The smallest absolute Gasteiger partial charge is 0.143 e. The minimum Gasteiger partial charge on any atom is -0.409 e. The fourth-order valence-electron chi connectivity index (χ4n) is 1.05. The highest BCUT2D eigenvalue weighted by Gasteiger charge is 2.07. The van der Waals surface area contributed by atoms with Crippen LogP contribution in [0.15, 0.2) is 5.16 Å². The summed E-state index contributed by atoms with van der Waals surface area (Å²) in [5.74, 6) is 0.287. The highest BCUT2D eigenvalue weighted by atomic mass is 16.5. The van der Waals surface area contributed by atoms with Crippen molar-refractivity contribution in [2.24, 2.45) is 16.8 Å². The van der Waals surface area contributed by atoms with Gasteiger partial charge in [0.15, 0.2) is 0 Å². The first-order valence-corrected chi connectivity index (χ1v) is 4.91. The predicted octanol–water partition coefficient (Wildman–Crippen LogP) is 0.384. The van der Waals surface area contributed by atoms with Crippen molar-refractivity contribution in [1.82, 2.24) is 5.32 Å². The normalized spacial score (nSPS) is 16.6. The van der Waals surface area contributed by atoms with Gasteiger partial charge in [-0.15, -0.1) is 0 Å². The van der Waals surface area contributed by atoms with Gasteiger partial charge in [0.1, 0.15) is 5.84 Å². The minimum absolute atomic E-state index is 0.0360. The zero-order valence-corrected chi connectivity index (χ0v) is 9.16. The van der Waals surface area contributed by atoms with Crippen LogP contribution in [0.25, 0.3) is 0 Å². The van der Waals surface area contributed by atoms with Crippen molar-refractivity contribution in [3.63, 3.8) is 0 Å². The van der Waals surface area contributed by atoms with Crippen LogP contribution in [0, 0.1) is 5.92 Å². The molecule has 0 saturated carbocycles. The first kappa shape index (κ1) is 13.2. The summed E-state index contributed by atoms with van der Waals surface area (Å²) in [6.07, 6.45) is 0.194. The van der Waals surface area contributed by atoms with Gasteiger partial charge in [0.05, 0.1) is 6.10 Å². The third-order valence-electron chi connectivity index (χ3n) is 1.95. The molecule has 14 heavy (non-hydrogen) atoms. The molecule has 0 aliphatic carbocycles. The van der Waals surface area contributed by atoms with E-state index in [1.165, 1.54) is 0 Å². The van der Waals surface area contributed by atoms with Crippen molar-refractivity contribution in [3.8, 4) is 0 Å². The first-order valence-electron chi connectivity index (χ1n) is 4.91. The molecule has 4 N–H and O–H groups in total. The Morgan fingerprint density at radius 2 is 2.14 bits per heavy atom. The molecular weight excluding hydrogens is 182 g/mol. The Labute approximate surface area is 85.3 Å². The Hall–Kier alpha value is -0.810. The summed E-state index contributed by atoms with van der Waals surface area (Å²) in [7, 11) is 0. The zero-order valence-electron chi connectivity index (χ0n) is 9.16. The largest absolute Gasteiger partial charge is 0.409 e. The van der Waals surface area contributed by atoms with Gasteiger partial charge < -0.3 is 21.0 Å². The molecule has 0 aromatic heterocycles. The summed E-state index contributed by atoms with van der Waals surface area (Å²) >= 11 is 0. The highest BCUT2D eigenvalue weighted by Crippen LogP contribution is 1.93. The lowest BCUT2D eigenvalue weighted by molar-refractivity contribution is 0.0760. The lowest BCUT2D eigenvalue weighted by Crippen LogP contribution is -2.35. The molecule has 0 rings (SSSR count). The maximum atomic E-state index is 8.41. The molecule has 0 spiro atoms. The van der Waals surface area contributed by atoms with Crippen molar-refractivity contribution < 1.29 is 9.94 Å². The average Bonchev–Trinajstić information content (AvgIpc) is 2.16. The SMILES string of the molecule is CCOC(C)CNCC(C)C(N)=NO. The number of nitrogens with one attached hydrogen (secondary N) is 1. The lowest BCUT2D eigenvalue weighted by Gasteiger charge is -2.15. The quantitative estimate of drug-likeness (QED) is 0.242. The second kappa shape index (κ2) is 7.58. The number of rotatable bonds is 7. The standard InChI is InChI=1S/C9H21N3O2/c1-4-14-8(3)6-11-5-7(2)9(10)12-13/h7-8,11,13H,4-6H2,1-3H3,(H2,10,12). The van der Waals surface area contributed by atoms with Gasteiger partial charge in [0, 0.05) is 25.6 Å². The summed E-state index contributed by atoms with van der Waals surface area (Å²) in [5.41, 5.74) is 5.42. The first-order chi connectivity index (χ1) is 6.61. The molecule has 0 saturated heterocycles. The molecule has 0 aliphatic heterocycles. The topological polar surface area (TPSA) is 79.9 Å². The number of amidine groups is 1. The van der Waals surface area contributed by atoms with Crippen LogP contribution in [0.5, 0.6) is 0 Å². The second-order valence-electron chi connectivity index (χ2n) is 3.35. The summed E-state index contributed by atoms with van der Waals surface area (Å²) in [4.78, 5) is 0. The van der Waals surface area contributed by atoms with E-state index in [0.717, 1.165) is 13.2 Å². The third kappa shape index (κ3) is 5.77. The van der Waals surface area contributed by atoms with E-state index in [1.807, 2.05) is 20.8 Å². The maximum Gasteiger partial charge on any atom is 0.143 e. The van der Waals surface area contributed by atoms with E-state index in [0.29, 0.717) is 6.54 Å². The van der Waals surface area contributed by atoms with Gasteiger partial charge in [0.25, 0.3) is 0 Å². The Morgan fingerprint density at radius 3 is 2.64 bits per heavy atom. The zero-order chi connectivity index (χ0) is 11.0. The predicted molar refractivity (Wildman–Crippen MR) is 56.5 cm³/mol. The van der Waals surface area contributed by atoms with Gasteiger partial charge in [0.2, 0.25) is 0 Å². The second-order valence-corrected chi connectivity index (χ2v) is 3.35. The van der Waals surface area contributed by atoms with Gasteiger partial charge in [-0.05, 0) is 13.8 Å². The molecule has 0 fully saturated rings. The molecule has 2 atom stereocenters. The fraction of sp³-hybridized carbons (Fsp3) is 0.889. The summed E-state index contributed by atoms with van der Waals surface area (Å²) in [6.45, 7) is 8.05. The molecule has 84 valence electrons. The third-order valence-corrected chi connectivity index (χ3v) is 1.95. The molecule has 2 unspecified atom stereocenters. The Balaban J connectivity index is 3.53. The number of nitrogens with two attached hydrogens (primary N) is 1. The van der Waals surface area contributed by atoms with Crippen molar-refractivity contribution in [1.29, 1.82) is 0 Å². The molecule has 0 aromatic carbocycles. The van der Waals surface area contributed by atoms with Gasteiger partial charge >= 0.3 is 0 Å². The van der Waals surface area contributed by atoms with Crippen molar-refractivity contribution >= 4 is 5.84 Å². The number of hydrogen-bond donors (Lipinski definition) is 3. The van der Waals surface area contributed by atoms with Crippen LogP contribution in [-0.4, -0.2) is 36.8 Å². The number of oxime groups is 1. The molecule has 5 heteroatoms. The van der Waals surface area contributed by atoms with Crippen LogP contribution in [0.3, 0.4) is 0 Å². The van der Waals surface area contributed by atoms with Gasteiger partial charge in [-0.1, -0.05) is 12.1 Å². The molecular formula is C9H21N3O2. The fourth-order valence-corrected chi connectivity index (χ4v) is 1.05. The molecule has 0 bridgehead atoms. The Morgan fingerprint density at radius 1 is 1.50 bits per heavy atom. The lowest BCUT2D eigenvalue weighted by atomic mass is 10.1. The minimum atomic E-state index is 0.0360. The van der Waals surface area contributed by atoms with Crippen LogP contribution in [-0.2, 0) is 4.74 Å². The molecule has 5 nitrogen and oxygen atoms in total. The number of nitrogens with zero attached hydrogens (tertiary/aromatic N) is 1. The van der Waals surface area contributed by atoms with Gasteiger partial charge in [-0.25, -0.2) is 0 Å². The Kier molecular flexibility index (Phi) is 7.14. The van der Waals surface area contributed by atoms with Crippen LogP contribution in [0.1, 0.15) is 20.8 Å². The molecule has 0 aliphatic rings. The maximum absolute atomic E-state index is 8.41. The van der Waals surface area contributed by atoms with Crippen LogP contribution in [0.4, 0.5) is 0 Å². The van der Waals surface area contributed by atoms with E-state index in [9.17, 15) is 0 Å². The van der Waals surface area contributed by atoms with E-state index in [1.54, 1.807) is 0 Å². The molecule has 0 heterocycles. The van der Waals surface area contributed by atoms with E-state index < -0.39 is 0 Å². The van der Waals surface area contributed by atoms with E-state index in [-0.39, 0.29) is 17.9 Å². The van der Waals surface area contributed by atoms with E-state index >= 15 is 0 Å². The van der Waals surface area contributed by atoms with E-state index in [2.05, 4.69) is 10.5 Å². The summed E-state index contributed by atoms with van der Waals surface area (Å²) in [5, 5.41) is 14.5. The molecule has 0 aromatic rings. The summed E-state index contributed by atoms with van der Waals surface area (Å²) in [6, 6.07) is 0. The van der Waals surface area contributed by atoms with Gasteiger partial charge in [-0.3, -0.25) is 0 Å². The van der Waals surface area contributed by atoms with Crippen molar-refractivity contribution in [3.05, 3.63) is 0 Å². The van der Waals surface area contributed by atoms with Gasteiger partial charge in [-0.2, -0.15) is 0 Å². The average molecular weight is 203 g/mol. The number of ether oxygens (including phenoxy) is 1. The van der Waals surface area contributed by atoms with Crippen molar-refractivity contribution in [2.75, 3.05) is 19.7 Å². The van der Waals surface area contributed by atoms with Crippen molar-refractivity contribution in [2.45, 2.75) is 26.9 Å². The number of hydrogen-bond acceptors (Lipinski definition) is 4. The molecule has 0 amide bonds. The highest BCUT2D eigenvalue weighted by molar-refractivity contribution is 5.82.